The van der Waals surface area contributed by atoms with Gasteiger partial charge in [0, 0.05) is 17.5 Å². The highest BCUT2D eigenvalue weighted by molar-refractivity contribution is 5.94. The van der Waals surface area contributed by atoms with E-state index in [1.807, 2.05) is 12.1 Å². The third-order valence-corrected chi connectivity index (χ3v) is 7.92. The first-order valence-corrected chi connectivity index (χ1v) is 12.2. The first-order valence-electron chi connectivity index (χ1n) is 12.2. The second-order valence-electron chi connectivity index (χ2n) is 9.97. The molecule has 2 N–H and O–H groups in total. The molecule has 0 spiro atoms. The smallest absolute Gasteiger partial charge is 0.305 e. The summed E-state index contributed by atoms with van der Waals surface area (Å²) >= 11 is 0. The van der Waals surface area contributed by atoms with E-state index in [4.69, 9.17) is 5.11 Å². The zero-order valence-corrected chi connectivity index (χ0v) is 19.6. The first kappa shape index (κ1) is 22.4. The van der Waals surface area contributed by atoms with E-state index in [2.05, 4.69) is 72.9 Å². The van der Waals surface area contributed by atoms with Gasteiger partial charge in [0.2, 0.25) is 0 Å². The fourth-order valence-corrected chi connectivity index (χ4v) is 6.21. The van der Waals surface area contributed by atoms with Gasteiger partial charge in [-0.1, -0.05) is 72.6 Å². The standard InChI is InChI=1S/C30H31NO3/c1-20-2-5-22(6-3-20)23-7-12-25(13-8-23)30(19-21-4-11-27(30)18-21)26-14-9-24(10-15-26)29(34)31-17-16-28(32)33/h2-3,5-10,12-15,21,27H,4,11,16-19H2,1H3,(H,31,34)(H,32,33). The summed E-state index contributed by atoms with van der Waals surface area (Å²) in [7, 11) is 0. The lowest BCUT2D eigenvalue weighted by molar-refractivity contribution is -0.136. The van der Waals surface area contributed by atoms with Crippen LogP contribution in [-0.2, 0) is 10.2 Å². The van der Waals surface area contributed by atoms with Crippen LogP contribution in [0.15, 0.2) is 72.8 Å². The number of carbonyl (C=O) groups is 2. The maximum Gasteiger partial charge on any atom is 0.305 e. The van der Waals surface area contributed by atoms with Crippen molar-refractivity contribution in [1.29, 1.82) is 0 Å². The molecule has 1 amide bonds. The first-order chi connectivity index (χ1) is 16.5. The Morgan fingerprint density at radius 2 is 1.47 bits per heavy atom. The summed E-state index contributed by atoms with van der Waals surface area (Å²) < 4.78 is 0. The van der Waals surface area contributed by atoms with Gasteiger partial charge in [0.05, 0.1) is 6.42 Å². The molecule has 2 aliphatic carbocycles. The molecule has 0 aliphatic heterocycles. The van der Waals surface area contributed by atoms with Gasteiger partial charge in [-0.15, -0.1) is 0 Å². The van der Waals surface area contributed by atoms with Crippen LogP contribution in [0.25, 0.3) is 11.1 Å². The molecule has 2 bridgehead atoms. The van der Waals surface area contributed by atoms with E-state index >= 15 is 0 Å². The third-order valence-electron chi connectivity index (χ3n) is 7.92. The Morgan fingerprint density at radius 1 is 0.882 bits per heavy atom. The molecule has 2 aliphatic rings. The summed E-state index contributed by atoms with van der Waals surface area (Å²) in [5.41, 5.74) is 6.95. The van der Waals surface area contributed by atoms with Gasteiger partial charge in [-0.05, 0) is 72.4 Å². The summed E-state index contributed by atoms with van der Waals surface area (Å²) in [6.45, 7) is 2.24. The lowest BCUT2D eigenvalue weighted by atomic mass is 9.64. The average Bonchev–Trinajstić information content (AvgIpc) is 3.47. The van der Waals surface area contributed by atoms with E-state index < -0.39 is 5.97 Å². The van der Waals surface area contributed by atoms with Gasteiger partial charge in [-0.25, -0.2) is 0 Å². The van der Waals surface area contributed by atoms with E-state index in [0.717, 1.165) is 12.3 Å². The maximum atomic E-state index is 12.4. The second-order valence-corrected chi connectivity index (χ2v) is 9.97. The predicted molar refractivity (Wildman–Crippen MR) is 134 cm³/mol. The molecule has 0 saturated heterocycles. The topological polar surface area (TPSA) is 66.4 Å². The molecule has 3 aromatic carbocycles. The van der Waals surface area contributed by atoms with Crippen molar-refractivity contribution in [2.75, 3.05) is 6.54 Å². The Morgan fingerprint density at radius 3 is 2.00 bits per heavy atom. The lowest BCUT2D eigenvalue weighted by Crippen LogP contribution is -2.34. The summed E-state index contributed by atoms with van der Waals surface area (Å²) in [6, 6.07) is 25.8. The molecule has 0 radical (unpaired) electrons. The highest BCUT2D eigenvalue weighted by atomic mass is 16.4. The minimum Gasteiger partial charge on any atom is -0.481 e. The van der Waals surface area contributed by atoms with Crippen LogP contribution in [0, 0.1) is 18.8 Å². The number of rotatable bonds is 7. The molecule has 3 unspecified atom stereocenters. The third kappa shape index (κ3) is 4.13. The summed E-state index contributed by atoms with van der Waals surface area (Å²) in [4.78, 5) is 23.1. The maximum absolute atomic E-state index is 12.4. The minimum atomic E-state index is -0.915. The molecular formula is C30H31NO3. The highest BCUT2D eigenvalue weighted by Gasteiger charge is 2.52. The Labute approximate surface area is 201 Å². The molecule has 4 nitrogen and oxygen atoms in total. The zero-order chi connectivity index (χ0) is 23.7. The normalized spacial score (nSPS) is 23.1. The molecule has 34 heavy (non-hydrogen) atoms. The summed E-state index contributed by atoms with van der Waals surface area (Å²) in [5.74, 6) is 0.248. The monoisotopic (exact) mass is 453 g/mol. The predicted octanol–water partition coefficient (Wildman–Crippen LogP) is 5.97. The fourth-order valence-electron chi connectivity index (χ4n) is 6.21. The molecular weight excluding hydrogens is 422 g/mol. The Hall–Kier alpha value is -3.40. The van der Waals surface area contributed by atoms with Crippen LogP contribution in [0.3, 0.4) is 0 Å². The fraction of sp³-hybridized carbons (Fsp3) is 0.333. The number of hydrogen-bond acceptors (Lipinski definition) is 2. The van der Waals surface area contributed by atoms with Crippen molar-refractivity contribution < 1.29 is 14.7 Å². The van der Waals surface area contributed by atoms with Crippen LogP contribution in [0.5, 0.6) is 0 Å². The Kier molecular flexibility index (Phi) is 5.99. The molecule has 4 heteroatoms. The van der Waals surface area contributed by atoms with Gasteiger partial charge < -0.3 is 10.4 Å². The van der Waals surface area contributed by atoms with E-state index in [-0.39, 0.29) is 24.3 Å². The number of aryl methyl sites for hydroxylation is 1. The zero-order valence-electron chi connectivity index (χ0n) is 19.6. The molecule has 3 atom stereocenters. The number of benzene rings is 3. The number of aliphatic carboxylic acids is 1. The van der Waals surface area contributed by atoms with E-state index in [0.29, 0.717) is 11.5 Å². The largest absolute Gasteiger partial charge is 0.481 e. The van der Waals surface area contributed by atoms with Crippen molar-refractivity contribution >= 4 is 11.9 Å². The number of carboxylic acid groups (broad SMARTS) is 1. The van der Waals surface area contributed by atoms with Gasteiger partial charge >= 0.3 is 5.97 Å². The summed E-state index contributed by atoms with van der Waals surface area (Å²) in [6.07, 6.45) is 4.93. The van der Waals surface area contributed by atoms with Gasteiger partial charge in [0.1, 0.15) is 0 Å². The number of carboxylic acids is 1. The van der Waals surface area contributed by atoms with Crippen molar-refractivity contribution in [3.63, 3.8) is 0 Å². The highest BCUT2D eigenvalue weighted by Crippen LogP contribution is 2.60. The van der Waals surface area contributed by atoms with Crippen molar-refractivity contribution in [2.45, 2.75) is 44.4 Å². The molecule has 2 saturated carbocycles. The van der Waals surface area contributed by atoms with Crippen molar-refractivity contribution in [1.82, 2.24) is 5.32 Å². The molecule has 0 heterocycles. The Balaban J connectivity index is 1.43. The quantitative estimate of drug-likeness (QED) is 0.463. The number of hydrogen-bond donors (Lipinski definition) is 2. The van der Waals surface area contributed by atoms with E-state index in [9.17, 15) is 9.59 Å². The van der Waals surface area contributed by atoms with Crippen molar-refractivity contribution in [3.05, 3.63) is 95.1 Å². The van der Waals surface area contributed by atoms with Crippen molar-refractivity contribution in [3.8, 4) is 11.1 Å². The number of nitrogens with one attached hydrogen (secondary N) is 1. The molecule has 0 aromatic heterocycles. The molecule has 2 fully saturated rings. The van der Waals surface area contributed by atoms with Crippen LogP contribution >= 0.6 is 0 Å². The minimum absolute atomic E-state index is 0.00691. The Bertz CT molecular complexity index is 1180. The number of amides is 1. The van der Waals surface area contributed by atoms with Crippen LogP contribution < -0.4 is 5.32 Å². The molecule has 3 aromatic rings. The van der Waals surface area contributed by atoms with E-state index in [1.54, 1.807) is 0 Å². The van der Waals surface area contributed by atoms with Crippen LogP contribution in [0.1, 0.15) is 59.2 Å². The average molecular weight is 454 g/mol. The number of carbonyl (C=O) groups excluding carboxylic acids is 1. The van der Waals surface area contributed by atoms with Crippen LogP contribution in [0.2, 0.25) is 0 Å². The van der Waals surface area contributed by atoms with Gasteiger partial charge in [-0.3, -0.25) is 9.59 Å². The second kappa shape index (κ2) is 9.09. The SMILES string of the molecule is Cc1ccc(-c2ccc(C3(c4ccc(C(=O)NCCC(=O)O)cc4)CC4CCC3C4)cc2)cc1. The van der Waals surface area contributed by atoms with Gasteiger partial charge in [-0.2, -0.15) is 0 Å². The van der Waals surface area contributed by atoms with E-state index in [1.165, 1.54) is 47.1 Å². The molecule has 5 rings (SSSR count). The summed E-state index contributed by atoms with van der Waals surface area (Å²) in [5, 5.41) is 11.5. The van der Waals surface area contributed by atoms with Crippen LogP contribution in [-0.4, -0.2) is 23.5 Å². The number of fused-ring (bicyclic) bond motifs is 2. The lowest BCUT2D eigenvalue weighted by Gasteiger charge is -2.39. The van der Waals surface area contributed by atoms with Crippen LogP contribution in [0.4, 0.5) is 0 Å². The van der Waals surface area contributed by atoms with Gasteiger partial charge in [0.15, 0.2) is 0 Å². The molecule has 174 valence electrons. The van der Waals surface area contributed by atoms with Crippen molar-refractivity contribution in [2.24, 2.45) is 11.8 Å². The van der Waals surface area contributed by atoms with Gasteiger partial charge in [0.25, 0.3) is 5.91 Å².